The Bertz CT molecular complexity index is 349. The highest BCUT2D eigenvalue weighted by Crippen LogP contribution is 2.12. The van der Waals surface area contributed by atoms with Crippen LogP contribution in [-0.2, 0) is 4.74 Å². The van der Waals surface area contributed by atoms with Crippen molar-refractivity contribution in [2.45, 2.75) is 19.4 Å². The van der Waals surface area contributed by atoms with Gasteiger partial charge in [0.25, 0.3) is 5.91 Å². The van der Waals surface area contributed by atoms with E-state index in [1.807, 2.05) is 12.1 Å². The topological polar surface area (TPSA) is 50.4 Å². The largest absolute Gasteiger partial charge is 0.383 e. The Kier molecular flexibility index (Phi) is 5.49. The molecule has 0 fully saturated rings. The van der Waals surface area contributed by atoms with Crippen molar-refractivity contribution in [2.24, 2.45) is 0 Å². The van der Waals surface area contributed by atoms with E-state index in [9.17, 15) is 4.79 Å². The first kappa shape index (κ1) is 13.5. The van der Waals surface area contributed by atoms with Gasteiger partial charge in [-0.2, -0.15) is 0 Å². The predicted octanol–water partition coefficient (Wildman–Crippen LogP) is 1.88. The molecule has 0 heterocycles. The number of anilines is 1. The lowest BCUT2D eigenvalue weighted by Gasteiger charge is -2.17. The number of rotatable bonds is 6. The van der Waals surface area contributed by atoms with Gasteiger partial charge in [0.05, 0.1) is 6.61 Å². The van der Waals surface area contributed by atoms with Gasteiger partial charge in [-0.1, -0.05) is 6.92 Å². The minimum atomic E-state index is -0.0690. The summed E-state index contributed by atoms with van der Waals surface area (Å²) in [7, 11) is 3.32. The molecule has 0 aliphatic rings. The number of carbonyl (C=O) groups excluding carboxylic acids is 1. The molecule has 0 aromatic heterocycles. The molecule has 17 heavy (non-hydrogen) atoms. The van der Waals surface area contributed by atoms with Crippen molar-refractivity contribution >= 4 is 11.6 Å². The fourth-order valence-corrected chi connectivity index (χ4v) is 1.56. The maximum absolute atomic E-state index is 11.4. The Morgan fingerprint density at radius 3 is 2.47 bits per heavy atom. The van der Waals surface area contributed by atoms with Crippen LogP contribution in [0.1, 0.15) is 23.7 Å². The summed E-state index contributed by atoms with van der Waals surface area (Å²) >= 11 is 0. The van der Waals surface area contributed by atoms with Crippen LogP contribution in [-0.4, -0.2) is 32.7 Å². The van der Waals surface area contributed by atoms with Crippen molar-refractivity contribution in [3.05, 3.63) is 29.8 Å². The number of hydrogen-bond acceptors (Lipinski definition) is 3. The Morgan fingerprint density at radius 1 is 1.35 bits per heavy atom. The first-order valence-electron chi connectivity index (χ1n) is 5.78. The van der Waals surface area contributed by atoms with Gasteiger partial charge < -0.3 is 15.4 Å². The number of amides is 1. The molecule has 1 amide bonds. The summed E-state index contributed by atoms with van der Waals surface area (Å²) in [5, 5.41) is 5.95. The van der Waals surface area contributed by atoms with Gasteiger partial charge in [0, 0.05) is 31.5 Å². The number of ether oxygens (including phenoxy) is 1. The summed E-state index contributed by atoms with van der Waals surface area (Å²) in [4.78, 5) is 11.4. The lowest BCUT2D eigenvalue weighted by atomic mass is 10.1. The van der Waals surface area contributed by atoms with Crippen molar-refractivity contribution in [1.82, 2.24) is 5.32 Å². The molecule has 94 valence electrons. The standard InChI is InChI=1S/C13H20N2O2/c1-4-11(9-17-3)15-12-7-5-10(6-8-12)13(16)14-2/h5-8,11,15H,4,9H2,1-3H3,(H,14,16). The SMILES string of the molecule is CCC(COC)Nc1ccc(C(=O)NC)cc1. The highest BCUT2D eigenvalue weighted by atomic mass is 16.5. The quantitative estimate of drug-likeness (QED) is 0.793. The molecule has 0 spiro atoms. The van der Waals surface area contributed by atoms with E-state index in [0.717, 1.165) is 12.1 Å². The molecule has 4 nitrogen and oxygen atoms in total. The van der Waals surface area contributed by atoms with Gasteiger partial charge in [0.2, 0.25) is 0 Å². The molecule has 0 aliphatic carbocycles. The van der Waals surface area contributed by atoms with Gasteiger partial charge >= 0.3 is 0 Å². The van der Waals surface area contributed by atoms with Crippen molar-refractivity contribution in [2.75, 3.05) is 26.1 Å². The Labute approximate surface area is 102 Å². The Hall–Kier alpha value is -1.55. The van der Waals surface area contributed by atoms with E-state index in [4.69, 9.17) is 4.74 Å². The molecular formula is C13H20N2O2. The Balaban J connectivity index is 2.64. The minimum absolute atomic E-state index is 0.0690. The molecule has 4 heteroatoms. The van der Waals surface area contributed by atoms with E-state index in [-0.39, 0.29) is 5.91 Å². The number of benzene rings is 1. The summed E-state index contributed by atoms with van der Waals surface area (Å²) in [6, 6.07) is 7.72. The van der Waals surface area contributed by atoms with Crippen LogP contribution >= 0.6 is 0 Å². The lowest BCUT2D eigenvalue weighted by Crippen LogP contribution is -2.24. The summed E-state index contributed by atoms with van der Waals surface area (Å²) in [6.07, 6.45) is 0.991. The van der Waals surface area contributed by atoms with Gasteiger partial charge in [-0.15, -0.1) is 0 Å². The monoisotopic (exact) mass is 236 g/mol. The molecule has 1 aromatic carbocycles. The normalized spacial score (nSPS) is 11.9. The number of nitrogens with one attached hydrogen (secondary N) is 2. The van der Waals surface area contributed by atoms with Crippen LogP contribution < -0.4 is 10.6 Å². The molecule has 0 radical (unpaired) electrons. The van der Waals surface area contributed by atoms with Crippen LogP contribution in [0.15, 0.2) is 24.3 Å². The highest BCUT2D eigenvalue weighted by Gasteiger charge is 2.06. The predicted molar refractivity (Wildman–Crippen MR) is 69.4 cm³/mol. The van der Waals surface area contributed by atoms with Crippen molar-refractivity contribution in [1.29, 1.82) is 0 Å². The number of hydrogen-bond donors (Lipinski definition) is 2. The van der Waals surface area contributed by atoms with Crippen LogP contribution in [0.5, 0.6) is 0 Å². The van der Waals surface area contributed by atoms with Gasteiger partial charge in [-0.25, -0.2) is 0 Å². The molecular weight excluding hydrogens is 216 g/mol. The average molecular weight is 236 g/mol. The smallest absolute Gasteiger partial charge is 0.251 e. The first-order valence-corrected chi connectivity index (χ1v) is 5.78. The van der Waals surface area contributed by atoms with E-state index in [1.165, 1.54) is 0 Å². The van der Waals surface area contributed by atoms with Crippen molar-refractivity contribution < 1.29 is 9.53 Å². The van der Waals surface area contributed by atoms with E-state index < -0.39 is 0 Å². The third kappa shape index (κ3) is 4.07. The molecule has 1 rings (SSSR count). The second kappa shape index (κ2) is 6.91. The zero-order chi connectivity index (χ0) is 12.7. The third-order valence-electron chi connectivity index (χ3n) is 2.61. The first-order chi connectivity index (χ1) is 8.21. The summed E-state index contributed by atoms with van der Waals surface area (Å²) < 4.78 is 5.12. The van der Waals surface area contributed by atoms with E-state index in [1.54, 1.807) is 26.3 Å². The molecule has 2 N–H and O–H groups in total. The fraction of sp³-hybridized carbons (Fsp3) is 0.462. The number of methoxy groups -OCH3 is 1. The molecule has 0 aliphatic heterocycles. The lowest BCUT2D eigenvalue weighted by molar-refractivity contribution is 0.0963. The fourth-order valence-electron chi connectivity index (χ4n) is 1.56. The van der Waals surface area contributed by atoms with Gasteiger partial charge in [0.15, 0.2) is 0 Å². The van der Waals surface area contributed by atoms with Crippen molar-refractivity contribution in [3.63, 3.8) is 0 Å². The van der Waals surface area contributed by atoms with Crippen LogP contribution in [0.4, 0.5) is 5.69 Å². The van der Waals surface area contributed by atoms with Crippen LogP contribution in [0, 0.1) is 0 Å². The number of carbonyl (C=O) groups is 1. The van der Waals surface area contributed by atoms with Crippen LogP contribution in [0.2, 0.25) is 0 Å². The molecule has 1 unspecified atom stereocenters. The minimum Gasteiger partial charge on any atom is -0.383 e. The molecule has 0 saturated heterocycles. The average Bonchev–Trinajstić information content (AvgIpc) is 2.38. The van der Waals surface area contributed by atoms with E-state index in [0.29, 0.717) is 18.2 Å². The summed E-state index contributed by atoms with van der Waals surface area (Å²) in [6.45, 7) is 2.78. The van der Waals surface area contributed by atoms with Crippen LogP contribution in [0.3, 0.4) is 0 Å². The van der Waals surface area contributed by atoms with Crippen molar-refractivity contribution in [3.8, 4) is 0 Å². The Morgan fingerprint density at radius 2 is 2.00 bits per heavy atom. The molecule has 0 saturated carbocycles. The second-order valence-corrected chi connectivity index (χ2v) is 3.86. The van der Waals surface area contributed by atoms with E-state index >= 15 is 0 Å². The summed E-state index contributed by atoms with van der Waals surface area (Å²) in [5.41, 5.74) is 1.67. The maximum Gasteiger partial charge on any atom is 0.251 e. The molecule has 1 atom stereocenters. The maximum atomic E-state index is 11.4. The van der Waals surface area contributed by atoms with Gasteiger partial charge in [0.1, 0.15) is 0 Å². The molecule has 1 aromatic rings. The highest BCUT2D eigenvalue weighted by molar-refractivity contribution is 5.94. The van der Waals surface area contributed by atoms with Gasteiger partial charge in [-0.3, -0.25) is 4.79 Å². The second-order valence-electron chi connectivity index (χ2n) is 3.86. The van der Waals surface area contributed by atoms with Gasteiger partial charge in [-0.05, 0) is 30.7 Å². The van der Waals surface area contributed by atoms with E-state index in [2.05, 4.69) is 17.6 Å². The van der Waals surface area contributed by atoms with Crippen LogP contribution in [0.25, 0.3) is 0 Å². The zero-order valence-electron chi connectivity index (χ0n) is 10.6. The molecule has 0 bridgehead atoms. The summed E-state index contributed by atoms with van der Waals surface area (Å²) in [5.74, 6) is -0.0690. The third-order valence-corrected chi connectivity index (χ3v) is 2.61. The zero-order valence-corrected chi connectivity index (χ0v) is 10.6.